The van der Waals surface area contributed by atoms with E-state index in [9.17, 15) is 0 Å². The number of anilines is 1. The van der Waals surface area contributed by atoms with E-state index in [0.717, 1.165) is 11.1 Å². The smallest absolute Gasteiger partial charge is 0.126 e. The zero-order valence-electron chi connectivity index (χ0n) is 8.24. The van der Waals surface area contributed by atoms with Gasteiger partial charge in [-0.05, 0) is 42.5 Å². The van der Waals surface area contributed by atoms with E-state index >= 15 is 0 Å². The molecule has 0 saturated carbocycles. The largest absolute Gasteiger partial charge is 0.383 e. The number of hydrogen-bond donors (Lipinski definition) is 1. The standard InChI is InChI=1S/C11H12N2S/c1-7-5-9(6-13-11(7)12)10-3-4-14-8(10)2/h3-6H,1-2H3,(H2,12,13). The molecule has 2 aromatic heterocycles. The summed E-state index contributed by atoms with van der Waals surface area (Å²) in [6, 6.07) is 4.20. The van der Waals surface area contributed by atoms with E-state index < -0.39 is 0 Å². The molecule has 2 aromatic rings. The molecule has 0 atom stereocenters. The zero-order valence-corrected chi connectivity index (χ0v) is 9.06. The van der Waals surface area contributed by atoms with Gasteiger partial charge in [0.1, 0.15) is 5.82 Å². The molecule has 0 amide bonds. The molecule has 0 radical (unpaired) electrons. The van der Waals surface area contributed by atoms with Crippen molar-refractivity contribution in [1.82, 2.24) is 4.98 Å². The number of thiophene rings is 1. The molecule has 0 saturated heterocycles. The van der Waals surface area contributed by atoms with Crippen molar-refractivity contribution >= 4 is 17.2 Å². The number of rotatable bonds is 1. The van der Waals surface area contributed by atoms with E-state index in [1.165, 1.54) is 10.4 Å². The van der Waals surface area contributed by atoms with Crippen LogP contribution in [0.25, 0.3) is 11.1 Å². The third-order valence-electron chi connectivity index (χ3n) is 2.29. The molecule has 14 heavy (non-hydrogen) atoms. The Kier molecular flexibility index (Phi) is 2.25. The van der Waals surface area contributed by atoms with Gasteiger partial charge in [-0.2, -0.15) is 0 Å². The van der Waals surface area contributed by atoms with Crippen LogP contribution < -0.4 is 5.73 Å². The Morgan fingerprint density at radius 2 is 2.14 bits per heavy atom. The summed E-state index contributed by atoms with van der Waals surface area (Å²) < 4.78 is 0. The Bertz CT molecular complexity index is 460. The van der Waals surface area contributed by atoms with Gasteiger partial charge in [-0.3, -0.25) is 0 Å². The number of aryl methyl sites for hydroxylation is 2. The summed E-state index contributed by atoms with van der Waals surface area (Å²) in [4.78, 5) is 5.47. The van der Waals surface area contributed by atoms with Gasteiger partial charge in [-0.1, -0.05) is 0 Å². The molecular formula is C11H12N2S. The number of nitrogens with zero attached hydrogens (tertiary/aromatic N) is 1. The van der Waals surface area contributed by atoms with Crippen LogP contribution in [0.4, 0.5) is 5.82 Å². The maximum absolute atomic E-state index is 5.67. The van der Waals surface area contributed by atoms with Crippen LogP contribution in [0.1, 0.15) is 10.4 Å². The van der Waals surface area contributed by atoms with E-state index in [1.807, 2.05) is 13.1 Å². The van der Waals surface area contributed by atoms with Crippen molar-refractivity contribution < 1.29 is 0 Å². The van der Waals surface area contributed by atoms with Gasteiger partial charge in [0.2, 0.25) is 0 Å². The lowest BCUT2D eigenvalue weighted by Crippen LogP contribution is -1.93. The van der Waals surface area contributed by atoms with Gasteiger partial charge in [0.15, 0.2) is 0 Å². The highest BCUT2D eigenvalue weighted by molar-refractivity contribution is 7.10. The summed E-state index contributed by atoms with van der Waals surface area (Å²) in [6.45, 7) is 4.10. The topological polar surface area (TPSA) is 38.9 Å². The Morgan fingerprint density at radius 3 is 2.71 bits per heavy atom. The van der Waals surface area contributed by atoms with Gasteiger partial charge >= 0.3 is 0 Å². The Labute approximate surface area is 87.4 Å². The van der Waals surface area contributed by atoms with Crippen LogP contribution in [0.5, 0.6) is 0 Å². The summed E-state index contributed by atoms with van der Waals surface area (Å²) in [5, 5.41) is 2.09. The number of nitrogens with two attached hydrogens (primary N) is 1. The molecule has 3 heteroatoms. The fourth-order valence-electron chi connectivity index (χ4n) is 1.42. The summed E-state index contributed by atoms with van der Waals surface area (Å²) >= 11 is 1.75. The number of pyridine rings is 1. The van der Waals surface area contributed by atoms with Crippen LogP contribution in [0.2, 0.25) is 0 Å². The fourth-order valence-corrected chi connectivity index (χ4v) is 2.14. The van der Waals surface area contributed by atoms with Gasteiger partial charge in [0, 0.05) is 16.6 Å². The molecule has 0 aliphatic heterocycles. The minimum absolute atomic E-state index is 0.613. The SMILES string of the molecule is Cc1cc(-c2ccsc2C)cnc1N. The zero-order chi connectivity index (χ0) is 10.1. The maximum Gasteiger partial charge on any atom is 0.126 e. The summed E-state index contributed by atoms with van der Waals surface area (Å²) in [6.07, 6.45) is 1.83. The lowest BCUT2D eigenvalue weighted by atomic mass is 10.1. The highest BCUT2D eigenvalue weighted by Crippen LogP contribution is 2.28. The van der Waals surface area contributed by atoms with Crippen molar-refractivity contribution in [3.8, 4) is 11.1 Å². The summed E-state index contributed by atoms with van der Waals surface area (Å²) in [7, 11) is 0. The minimum atomic E-state index is 0.613. The minimum Gasteiger partial charge on any atom is -0.383 e. The number of aromatic nitrogens is 1. The predicted octanol–water partition coefficient (Wildman–Crippen LogP) is 3.01. The molecule has 0 aliphatic carbocycles. The predicted molar refractivity (Wildman–Crippen MR) is 61.4 cm³/mol. The van der Waals surface area contributed by atoms with Crippen LogP contribution in [-0.4, -0.2) is 4.98 Å². The lowest BCUT2D eigenvalue weighted by Gasteiger charge is -2.03. The third-order valence-corrected chi connectivity index (χ3v) is 3.13. The second kappa shape index (κ2) is 3.42. The summed E-state index contributed by atoms with van der Waals surface area (Å²) in [5.74, 6) is 0.613. The first kappa shape index (κ1) is 9.21. The lowest BCUT2D eigenvalue weighted by molar-refractivity contribution is 1.28. The monoisotopic (exact) mass is 204 g/mol. The van der Waals surface area contributed by atoms with E-state index in [-0.39, 0.29) is 0 Å². The highest BCUT2D eigenvalue weighted by atomic mass is 32.1. The molecule has 0 fully saturated rings. The van der Waals surface area contributed by atoms with Crippen LogP contribution >= 0.6 is 11.3 Å². The Balaban J connectivity index is 2.53. The molecule has 0 spiro atoms. The van der Waals surface area contributed by atoms with Crippen molar-refractivity contribution in [2.45, 2.75) is 13.8 Å². The number of hydrogen-bond acceptors (Lipinski definition) is 3. The molecule has 0 aromatic carbocycles. The first-order chi connectivity index (χ1) is 6.68. The van der Waals surface area contributed by atoms with Crippen LogP contribution in [0.15, 0.2) is 23.7 Å². The van der Waals surface area contributed by atoms with Crippen molar-refractivity contribution in [2.75, 3.05) is 5.73 Å². The van der Waals surface area contributed by atoms with E-state index in [0.29, 0.717) is 5.82 Å². The molecule has 72 valence electrons. The van der Waals surface area contributed by atoms with E-state index in [4.69, 9.17) is 5.73 Å². The molecule has 2 rings (SSSR count). The second-order valence-corrected chi connectivity index (χ2v) is 4.44. The fraction of sp³-hybridized carbons (Fsp3) is 0.182. The van der Waals surface area contributed by atoms with Gasteiger partial charge < -0.3 is 5.73 Å². The second-order valence-electron chi connectivity index (χ2n) is 3.32. The maximum atomic E-state index is 5.67. The van der Waals surface area contributed by atoms with Crippen LogP contribution in [0.3, 0.4) is 0 Å². The van der Waals surface area contributed by atoms with Crippen LogP contribution in [0, 0.1) is 13.8 Å². The van der Waals surface area contributed by atoms with Gasteiger partial charge in [-0.15, -0.1) is 11.3 Å². The molecule has 2 N–H and O–H groups in total. The van der Waals surface area contributed by atoms with Gasteiger partial charge in [0.25, 0.3) is 0 Å². The molecule has 2 heterocycles. The van der Waals surface area contributed by atoms with Gasteiger partial charge in [0.05, 0.1) is 0 Å². The molecule has 0 aliphatic rings. The first-order valence-electron chi connectivity index (χ1n) is 4.45. The summed E-state index contributed by atoms with van der Waals surface area (Å²) in [5.41, 5.74) is 9.11. The van der Waals surface area contributed by atoms with Crippen LogP contribution in [-0.2, 0) is 0 Å². The number of nitrogen functional groups attached to an aromatic ring is 1. The van der Waals surface area contributed by atoms with Crippen molar-refractivity contribution in [1.29, 1.82) is 0 Å². The van der Waals surface area contributed by atoms with Gasteiger partial charge in [-0.25, -0.2) is 4.98 Å². The molecular weight excluding hydrogens is 192 g/mol. The molecule has 2 nitrogen and oxygen atoms in total. The highest BCUT2D eigenvalue weighted by Gasteiger charge is 2.04. The third kappa shape index (κ3) is 1.51. The quantitative estimate of drug-likeness (QED) is 0.775. The first-order valence-corrected chi connectivity index (χ1v) is 5.33. The molecule has 0 bridgehead atoms. The normalized spacial score (nSPS) is 10.4. The average Bonchev–Trinajstić information content (AvgIpc) is 2.57. The van der Waals surface area contributed by atoms with Crippen molar-refractivity contribution in [2.24, 2.45) is 0 Å². The van der Waals surface area contributed by atoms with E-state index in [2.05, 4.69) is 29.4 Å². The van der Waals surface area contributed by atoms with Crippen molar-refractivity contribution in [3.63, 3.8) is 0 Å². The Morgan fingerprint density at radius 1 is 1.36 bits per heavy atom. The average molecular weight is 204 g/mol. The Hall–Kier alpha value is -1.35. The van der Waals surface area contributed by atoms with E-state index in [1.54, 1.807) is 11.3 Å². The molecule has 0 unspecified atom stereocenters. The van der Waals surface area contributed by atoms with Crippen molar-refractivity contribution in [3.05, 3.63) is 34.2 Å².